The quantitative estimate of drug-likeness (QED) is 0.745. The number of aromatic nitrogens is 1. The Morgan fingerprint density at radius 1 is 1.21 bits per heavy atom. The molecule has 2 rings (SSSR count). The summed E-state index contributed by atoms with van der Waals surface area (Å²) in [7, 11) is 1.66. The van der Waals surface area contributed by atoms with Crippen LogP contribution in [-0.4, -0.2) is 38.5 Å². The van der Waals surface area contributed by atoms with Crippen LogP contribution in [-0.2, 0) is 9.47 Å². The van der Waals surface area contributed by atoms with Crippen molar-refractivity contribution in [2.45, 2.75) is 0 Å². The Bertz CT molecular complexity index is 531. The molecule has 0 aliphatic rings. The zero-order valence-corrected chi connectivity index (χ0v) is 11.1. The fraction of sp³-hybridized carbons (Fsp3) is 0.357. The van der Waals surface area contributed by atoms with Crippen LogP contribution in [0.5, 0.6) is 0 Å². The second-order valence-electron chi connectivity index (χ2n) is 4.14. The molecule has 0 fully saturated rings. The number of nitrogens with zero attached hydrogens (tertiary/aromatic N) is 1. The van der Waals surface area contributed by atoms with Crippen molar-refractivity contribution in [2.75, 3.05) is 44.5 Å². The molecular weight excluding hydrogens is 242 g/mol. The number of hydrogen-bond acceptors (Lipinski definition) is 5. The Kier molecular flexibility index (Phi) is 4.94. The molecule has 0 aliphatic carbocycles. The topological polar surface area (TPSA) is 69.4 Å². The van der Waals surface area contributed by atoms with Crippen molar-refractivity contribution in [3.05, 3.63) is 30.5 Å². The van der Waals surface area contributed by atoms with E-state index in [1.807, 2.05) is 24.3 Å². The number of nitrogen functional groups attached to an aromatic ring is 1. The third kappa shape index (κ3) is 3.56. The number of fused-ring (bicyclic) bond motifs is 1. The first-order valence-electron chi connectivity index (χ1n) is 6.26. The average molecular weight is 261 g/mol. The van der Waals surface area contributed by atoms with Crippen LogP contribution < -0.4 is 11.1 Å². The fourth-order valence-corrected chi connectivity index (χ4v) is 1.85. The van der Waals surface area contributed by atoms with Gasteiger partial charge >= 0.3 is 0 Å². The molecule has 0 bridgehead atoms. The lowest BCUT2D eigenvalue weighted by Gasteiger charge is -2.12. The highest BCUT2D eigenvalue weighted by atomic mass is 16.5. The SMILES string of the molecule is COCCOCCNc1c(N)cnc2ccccc12. The van der Waals surface area contributed by atoms with Gasteiger partial charge in [0.25, 0.3) is 0 Å². The molecule has 0 aliphatic heterocycles. The molecule has 1 aromatic heterocycles. The van der Waals surface area contributed by atoms with Crippen molar-refractivity contribution in [3.8, 4) is 0 Å². The average Bonchev–Trinajstić information content (AvgIpc) is 2.44. The molecule has 0 spiro atoms. The molecule has 1 aromatic carbocycles. The van der Waals surface area contributed by atoms with E-state index in [-0.39, 0.29) is 0 Å². The molecule has 0 radical (unpaired) electrons. The lowest BCUT2D eigenvalue weighted by Crippen LogP contribution is -2.13. The van der Waals surface area contributed by atoms with Crippen molar-refractivity contribution in [1.82, 2.24) is 4.98 Å². The summed E-state index contributed by atoms with van der Waals surface area (Å²) in [6.45, 7) is 2.52. The molecule has 5 heteroatoms. The van der Waals surface area contributed by atoms with Crippen LogP contribution in [0.25, 0.3) is 10.9 Å². The zero-order valence-electron chi connectivity index (χ0n) is 11.1. The number of ether oxygens (including phenoxy) is 2. The van der Waals surface area contributed by atoms with E-state index < -0.39 is 0 Å². The van der Waals surface area contributed by atoms with Crippen molar-refractivity contribution in [3.63, 3.8) is 0 Å². The van der Waals surface area contributed by atoms with Crippen LogP contribution in [0.15, 0.2) is 30.5 Å². The maximum absolute atomic E-state index is 5.96. The van der Waals surface area contributed by atoms with Crippen LogP contribution >= 0.6 is 0 Å². The molecule has 0 saturated carbocycles. The number of benzene rings is 1. The van der Waals surface area contributed by atoms with Gasteiger partial charge in [0.05, 0.1) is 42.9 Å². The third-order valence-corrected chi connectivity index (χ3v) is 2.78. The van der Waals surface area contributed by atoms with Gasteiger partial charge in [0.1, 0.15) is 0 Å². The lowest BCUT2D eigenvalue weighted by molar-refractivity contribution is 0.0759. The van der Waals surface area contributed by atoms with Gasteiger partial charge in [0.2, 0.25) is 0 Å². The van der Waals surface area contributed by atoms with Gasteiger partial charge in [-0.2, -0.15) is 0 Å². The highest BCUT2D eigenvalue weighted by molar-refractivity contribution is 5.96. The molecule has 0 atom stereocenters. The highest BCUT2D eigenvalue weighted by Gasteiger charge is 2.05. The normalized spacial score (nSPS) is 10.8. The van der Waals surface area contributed by atoms with Gasteiger partial charge in [-0.3, -0.25) is 4.98 Å². The molecule has 0 amide bonds. The van der Waals surface area contributed by atoms with Gasteiger partial charge in [-0.25, -0.2) is 0 Å². The molecule has 102 valence electrons. The minimum absolute atomic E-state index is 0.602. The van der Waals surface area contributed by atoms with E-state index in [1.165, 1.54) is 0 Å². The summed E-state index contributed by atoms with van der Waals surface area (Å²) >= 11 is 0. The number of nitrogens with two attached hydrogens (primary N) is 1. The predicted octanol–water partition coefficient (Wildman–Crippen LogP) is 1.89. The molecule has 19 heavy (non-hydrogen) atoms. The summed E-state index contributed by atoms with van der Waals surface area (Å²) in [6, 6.07) is 7.91. The standard InChI is InChI=1S/C14H19N3O2/c1-18-8-9-19-7-6-16-14-11-4-2-3-5-13(11)17-10-12(14)15/h2-5,10H,6-9,15H2,1H3,(H,16,17). The summed E-state index contributed by atoms with van der Waals surface area (Å²) in [5.41, 5.74) is 8.46. The molecule has 5 nitrogen and oxygen atoms in total. The predicted molar refractivity (Wildman–Crippen MR) is 77.3 cm³/mol. The van der Waals surface area contributed by atoms with Crippen LogP contribution in [0.2, 0.25) is 0 Å². The molecule has 2 aromatic rings. The van der Waals surface area contributed by atoms with Gasteiger partial charge in [-0.15, -0.1) is 0 Å². The number of rotatable bonds is 7. The Labute approximate surface area is 112 Å². The first-order chi connectivity index (χ1) is 9.33. The number of pyridine rings is 1. The van der Waals surface area contributed by atoms with E-state index >= 15 is 0 Å². The first kappa shape index (κ1) is 13.6. The van der Waals surface area contributed by atoms with E-state index in [9.17, 15) is 0 Å². The molecule has 0 saturated heterocycles. The van der Waals surface area contributed by atoms with Gasteiger partial charge in [0, 0.05) is 19.0 Å². The van der Waals surface area contributed by atoms with Gasteiger partial charge in [-0.1, -0.05) is 18.2 Å². The number of anilines is 2. The number of nitrogens with one attached hydrogen (secondary N) is 1. The fourth-order valence-electron chi connectivity index (χ4n) is 1.85. The number of hydrogen-bond donors (Lipinski definition) is 2. The molecule has 1 heterocycles. The largest absolute Gasteiger partial charge is 0.396 e. The van der Waals surface area contributed by atoms with Crippen LogP contribution in [0, 0.1) is 0 Å². The summed E-state index contributed by atoms with van der Waals surface area (Å²) in [6.07, 6.45) is 1.68. The first-order valence-corrected chi connectivity index (χ1v) is 6.26. The third-order valence-electron chi connectivity index (χ3n) is 2.78. The van der Waals surface area contributed by atoms with Crippen LogP contribution in [0.4, 0.5) is 11.4 Å². The summed E-state index contributed by atoms with van der Waals surface area (Å²) in [5.74, 6) is 0. The maximum Gasteiger partial charge on any atom is 0.0743 e. The Morgan fingerprint density at radius 3 is 2.89 bits per heavy atom. The highest BCUT2D eigenvalue weighted by Crippen LogP contribution is 2.27. The Balaban J connectivity index is 1.98. The Hall–Kier alpha value is -1.85. The number of para-hydroxylation sites is 1. The lowest BCUT2D eigenvalue weighted by atomic mass is 10.1. The van der Waals surface area contributed by atoms with Crippen LogP contribution in [0.1, 0.15) is 0 Å². The number of methoxy groups -OCH3 is 1. The summed E-state index contributed by atoms with van der Waals surface area (Å²) in [5, 5.41) is 4.33. The van der Waals surface area contributed by atoms with Crippen molar-refractivity contribution >= 4 is 22.3 Å². The van der Waals surface area contributed by atoms with E-state index in [4.69, 9.17) is 15.2 Å². The zero-order chi connectivity index (χ0) is 13.5. The van der Waals surface area contributed by atoms with Crippen molar-refractivity contribution in [1.29, 1.82) is 0 Å². The van der Waals surface area contributed by atoms with Gasteiger partial charge in [0.15, 0.2) is 0 Å². The van der Waals surface area contributed by atoms with E-state index in [1.54, 1.807) is 13.3 Å². The maximum atomic E-state index is 5.96. The molecular formula is C14H19N3O2. The van der Waals surface area contributed by atoms with Crippen molar-refractivity contribution in [2.24, 2.45) is 0 Å². The second kappa shape index (κ2) is 6.92. The molecule has 0 unspecified atom stereocenters. The minimum atomic E-state index is 0.602. The minimum Gasteiger partial charge on any atom is -0.396 e. The second-order valence-corrected chi connectivity index (χ2v) is 4.14. The molecule has 3 N–H and O–H groups in total. The van der Waals surface area contributed by atoms with Gasteiger partial charge < -0.3 is 20.5 Å². The van der Waals surface area contributed by atoms with E-state index in [0.717, 1.165) is 16.6 Å². The smallest absolute Gasteiger partial charge is 0.0743 e. The van der Waals surface area contributed by atoms with E-state index in [2.05, 4.69) is 10.3 Å². The Morgan fingerprint density at radius 2 is 2.05 bits per heavy atom. The van der Waals surface area contributed by atoms with E-state index in [0.29, 0.717) is 32.1 Å². The van der Waals surface area contributed by atoms with Crippen molar-refractivity contribution < 1.29 is 9.47 Å². The summed E-state index contributed by atoms with van der Waals surface area (Å²) < 4.78 is 10.3. The van der Waals surface area contributed by atoms with Gasteiger partial charge in [-0.05, 0) is 6.07 Å². The summed E-state index contributed by atoms with van der Waals surface area (Å²) in [4.78, 5) is 4.30. The monoisotopic (exact) mass is 261 g/mol. The van der Waals surface area contributed by atoms with Crippen LogP contribution in [0.3, 0.4) is 0 Å².